The lowest BCUT2D eigenvalue weighted by Crippen LogP contribution is -2.46. The molecule has 184 valence electrons. The van der Waals surface area contributed by atoms with Gasteiger partial charge in [0.1, 0.15) is 5.41 Å². The van der Waals surface area contributed by atoms with Crippen molar-refractivity contribution in [2.45, 2.75) is 19.8 Å². The van der Waals surface area contributed by atoms with E-state index in [-0.39, 0.29) is 39.6 Å². The highest BCUT2D eigenvalue weighted by atomic mass is 16.6. The van der Waals surface area contributed by atoms with Crippen LogP contribution in [0, 0.1) is 5.41 Å². The van der Waals surface area contributed by atoms with Crippen molar-refractivity contribution in [1.29, 1.82) is 0 Å². The number of hydrogen-bond acceptors (Lipinski definition) is 6. The van der Waals surface area contributed by atoms with E-state index in [2.05, 4.69) is 0 Å². The summed E-state index contributed by atoms with van der Waals surface area (Å²) in [5, 5.41) is 9.03. The van der Waals surface area contributed by atoms with E-state index in [0.717, 1.165) is 16.7 Å². The highest BCUT2D eigenvalue weighted by Crippen LogP contribution is 2.24. The number of hydrogen-bond donors (Lipinski definition) is 1. The first kappa shape index (κ1) is 26.1. The van der Waals surface area contributed by atoms with Crippen LogP contribution in [-0.4, -0.2) is 43.5 Å². The average Bonchev–Trinajstić information content (AvgIpc) is 2.89. The highest BCUT2D eigenvalue weighted by Gasteiger charge is 2.42. The number of esters is 1. The van der Waals surface area contributed by atoms with Gasteiger partial charge in [-0.05, 0) is 16.7 Å². The Morgan fingerprint density at radius 2 is 0.943 bits per heavy atom. The molecule has 0 aliphatic rings. The van der Waals surface area contributed by atoms with E-state index in [9.17, 15) is 9.59 Å². The zero-order chi connectivity index (χ0) is 24.8. The van der Waals surface area contributed by atoms with E-state index in [4.69, 9.17) is 24.1 Å². The maximum absolute atomic E-state index is 13.2. The van der Waals surface area contributed by atoms with Crippen molar-refractivity contribution in [3.8, 4) is 0 Å². The van der Waals surface area contributed by atoms with Crippen molar-refractivity contribution in [2.75, 3.05) is 26.4 Å². The quantitative estimate of drug-likeness (QED) is 0.327. The average molecular weight is 479 g/mol. The summed E-state index contributed by atoms with van der Waals surface area (Å²) in [5.41, 5.74) is 1.47. The number of benzene rings is 3. The molecule has 0 heterocycles. The van der Waals surface area contributed by atoms with Crippen molar-refractivity contribution in [1.82, 2.24) is 0 Å². The summed E-state index contributed by atoms with van der Waals surface area (Å²) in [6.07, 6.45) is 0. The molecule has 0 radical (unpaired) electrons. The molecule has 35 heavy (non-hydrogen) atoms. The Morgan fingerprint density at radius 1 is 0.600 bits per heavy atom. The van der Waals surface area contributed by atoms with Crippen molar-refractivity contribution in [2.24, 2.45) is 5.41 Å². The Morgan fingerprint density at radius 3 is 1.26 bits per heavy atom. The molecule has 0 spiro atoms. The largest absolute Gasteiger partial charge is 0.479 e. The molecule has 0 aromatic heterocycles. The molecule has 0 amide bonds. The predicted molar refractivity (Wildman–Crippen MR) is 129 cm³/mol. The minimum absolute atomic E-state index is 0.0655. The van der Waals surface area contributed by atoms with E-state index >= 15 is 0 Å². The molecule has 0 bridgehead atoms. The first-order valence-corrected chi connectivity index (χ1v) is 11.3. The van der Waals surface area contributed by atoms with Crippen LogP contribution in [0.2, 0.25) is 0 Å². The fourth-order valence-corrected chi connectivity index (χ4v) is 3.40. The third-order valence-electron chi connectivity index (χ3n) is 5.23. The van der Waals surface area contributed by atoms with Gasteiger partial charge in [0.25, 0.3) is 0 Å². The van der Waals surface area contributed by atoms with Crippen LogP contribution in [0.25, 0.3) is 0 Å². The minimum atomic E-state index is -1.35. The van der Waals surface area contributed by atoms with Gasteiger partial charge in [0.2, 0.25) is 0 Å². The molecule has 0 atom stereocenters. The second kappa shape index (κ2) is 14.0. The smallest absolute Gasteiger partial charge is 0.341 e. The molecule has 0 aliphatic heterocycles. The zero-order valence-electron chi connectivity index (χ0n) is 19.5. The van der Waals surface area contributed by atoms with Crippen LogP contribution < -0.4 is 0 Å². The zero-order valence-corrected chi connectivity index (χ0v) is 19.5. The maximum atomic E-state index is 13.2. The lowest BCUT2D eigenvalue weighted by molar-refractivity contribution is -0.177. The Bertz CT molecular complexity index is 912. The van der Waals surface area contributed by atoms with Crippen LogP contribution >= 0.6 is 0 Å². The number of carbonyl (C=O) groups excluding carboxylic acids is 1. The maximum Gasteiger partial charge on any atom is 0.341 e. The van der Waals surface area contributed by atoms with Gasteiger partial charge in [-0.3, -0.25) is 4.79 Å². The van der Waals surface area contributed by atoms with E-state index < -0.39 is 24.0 Å². The topological polar surface area (TPSA) is 91.3 Å². The van der Waals surface area contributed by atoms with E-state index in [1.165, 1.54) is 0 Å². The van der Waals surface area contributed by atoms with Crippen LogP contribution in [0.5, 0.6) is 0 Å². The standard InChI is InChI=1S/C28H30O7/c29-26(30)19-35-27(31)28(20-32-16-23-10-4-1-5-11-23,21-33-17-24-12-6-2-7-13-24)22-34-18-25-14-8-3-9-15-25/h1-15H,16-22H2,(H,29,30). The first-order chi connectivity index (χ1) is 17.1. The van der Waals surface area contributed by atoms with Crippen LogP contribution in [0.3, 0.4) is 0 Å². The highest BCUT2D eigenvalue weighted by molar-refractivity contribution is 5.80. The van der Waals surface area contributed by atoms with Gasteiger partial charge in [-0.2, -0.15) is 0 Å². The van der Waals surface area contributed by atoms with E-state index in [1.54, 1.807) is 0 Å². The monoisotopic (exact) mass is 478 g/mol. The molecule has 3 aromatic rings. The lowest BCUT2D eigenvalue weighted by atomic mass is 9.91. The summed E-state index contributed by atoms with van der Waals surface area (Å²) in [4.78, 5) is 24.2. The number of aliphatic carboxylic acids is 1. The number of carboxylic acids is 1. The van der Waals surface area contributed by atoms with Crippen molar-refractivity contribution >= 4 is 11.9 Å². The Balaban J connectivity index is 1.73. The summed E-state index contributed by atoms with van der Waals surface area (Å²) in [5.74, 6) is -1.98. The molecule has 3 rings (SSSR count). The van der Waals surface area contributed by atoms with Crippen molar-refractivity contribution < 1.29 is 33.6 Å². The summed E-state index contributed by atoms with van der Waals surface area (Å²) in [6, 6.07) is 28.6. The summed E-state index contributed by atoms with van der Waals surface area (Å²) < 4.78 is 22.8. The third-order valence-corrected chi connectivity index (χ3v) is 5.23. The molecular weight excluding hydrogens is 448 g/mol. The van der Waals surface area contributed by atoms with E-state index in [1.807, 2.05) is 91.0 Å². The van der Waals surface area contributed by atoms with Gasteiger partial charge in [-0.25, -0.2) is 4.79 Å². The third kappa shape index (κ3) is 8.98. The SMILES string of the molecule is O=C(O)COC(=O)C(COCc1ccccc1)(COCc1ccccc1)COCc1ccccc1. The van der Waals surface area contributed by atoms with Crippen LogP contribution in [0.15, 0.2) is 91.0 Å². The lowest BCUT2D eigenvalue weighted by Gasteiger charge is -2.31. The Labute approximate surface area is 205 Å². The van der Waals surface area contributed by atoms with Gasteiger partial charge in [0.15, 0.2) is 6.61 Å². The number of ether oxygens (including phenoxy) is 4. The molecule has 0 fully saturated rings. The number of carbonyl (C=O) groups is 2. The van der Waals surface area contributed by atoms with Gasteiger partial charge in [0.05, 0.1) is 39.6 Å². The first-order valence-electron chi connectivity index (χ1n) is 11.3. The molecule has 1 N–H and O–H groups in total. The van der Waals surface area contributed by atoms with Gasteiger partial charge in [0, 0.05) is 0 Å². The number of carboxylic acid groups (broad SMARTS) is 1. The van der Waals surface area contributed by atoms with Crippen LogP contribution in [0.1, 0.15) is 16.7 Å². The van der Waals surface area contributed by atoms with Gasteiger partial charge < -0.3 is 24.1 Å². The molecule has 7 nitrogen and oxygen atoms in total. The van der Waals surface area contributed by atoms with Gasteiger partial charge >= 0.3 is 11.9 Å². The minimum Gasteiger partial charge on any atom is -0.479 e. The molecule has 0 saturated heterocycles. The normalized spacial score (nSPS) is 11.2. The summed E-state index contributed by atoms with van der Waals surface area (Å²) in [6.45, 7) is -0.140. The molecule has 3 aromatic carbocycles. The van der Waals surface area contributed by atoms with Crippen LogP contribution in [0.4, 0.5) is 0 Å². The Hall–Kier alpha value is -3.52. The fourth-order valence-electron chi connectivity index (χ4n) is 3.40. The van der Waals surface area contributed by atoms with E-state index in [0.29, 0.717) is 0 Å². The molecule has 0 saturated carbocycles. The second-order valence-corrected chi connectivity index (χ2v) is 8.19. The molecule has 0 unspecified atom stereocenters. The number of rotatable bonds is 15. The Kier molecular flexibility index (Phi) is 10.4. The fraction of sp³-hybridized carbons (Fsp3) is 0.286. The summed E-state index contributed by atoms with van der Waals surface area (Å²) in [7, 11) is 0. The molecule has 7 heteroatoms. The van der Waals surface area contributed by atoms with Crippen molar-refractivity contribution in [3.63, 3.8) is 0 Å². The van der Waals surface area contributed by atoms with Gasteiger partial charge in [-0.1, -0.05) is 91.0 Å². The van der Waals surface area contributed by atoms with Crippen LogP contribution in [-0.2, 0) is 48.4 Å². The molecular formula is C28H30O7. The second-order valence-electron chi connectivity index (χ2n) is 8.19. The van der Waals surface area contributed by atoms with Gasteiger partial charge in [-0.15, -0.1) is 0 Å². The molecule has 0 aliphatic carbocycles. The summed E-state index contributed by atoms with van der Waals surface area (Å²) >= 11 is 0. The van der Waals surface area contributed by atoms with Crippen molar-refractivity contribution in [3.05, 3.63) is 108 Å². The predicted octanol–water partition coefficient (Wildman–Crippen LogP) is 4.25.